The van der Waals surface area contributed by atoms with Gasteiger partial charge in [-0.1, -0.05) is 26.7 Å². The van der Waals surface area contributed by atoms with Crippen molar-refractivity contribution in [2.24, 2.45) is 10.9 Å². The van der Waals surface area contributed by atoms with Crippen molar-refractivity contribution in [3.63, 3.8) is 0 Å². The Bertz CT molecular complexity index is 717. The SMILES string of the molecule is CCNC(=NCc1ccc(S(=O)(=O)N2CCOCC2)s1)NCCCCC(C)C.I. The van der Waals surface area contributed by atoms with Crippen LogP contribution in [-0.4, -0.2) is 58.1 Å². The molecule has 0 aromatic carbocycles. The maximum absolute atomic E-state index is 12.7. The van der Waals surface area contributed by atoms with Crippen LogP contribution in [0, 0.1) is 5.92 Å². The van der Waals surface area contributed by atoms with Gasteiger partial charge in [-0.05, 0) is 31.4 Å². The third kappa shape index (κ3) is 9.07. The van der Waals surface area contributed by atoms with Gasteiger partial charge in [-0.2, -0.15) is 4.31 Å². The lowest BCUT2D eigenvalue weighted by Gasteiger charge is -2.25. The summed E-state index contributed by atoms with van der Waals surface area (Å²) in [6.45, 7) is 10.4. The first-order chi connectivity index (χ1) is 13.4. The molecule has 2 rings (SSSR count). The molecule has 0 saturated carbocycles. The van der Waals surface area contributed by atoms with Crippen LogP contribution in [0.3, 0.4) is 0 Å². The number of guanidine groups is 1. The Kier molecular flexibility index (Phi) is 12.7. The maximum atomic E-state index is 12.7. The molecule has 10 heteroatoms. The number of sulfonamides is 1. The van der Waals surface area contributed by atoms with Gasteiger partial charge in [0, 0.05) is 31.1 Å². The number of rotatable bonds is 10. The molecule has 2 N–H and O–H groups in total. The van der Waals surface area contributed by atoms with E-state index in [1.165, 1.54) is 28.5 Å². The summed E-state index contributed by atoms with van der Waals surface area (Å²) in [4.78, 5) is 5.53. The van der Waals surface area contributed by atoms with Crippen LogP contribution in [0.4, 0.5) is 0 Å². The number of unbranched alkanes of at least 4 members (excludes halogenated alkanes) is 1. The number of morpholine rings is 1. The summed E-state index contributed by atoms with van der Waals surface area (Å²) < 4.78 is 32.6. The fourth-order valence-corrected chi connectivity index (χ4v) is 5.72. The number of aliphatic imine (C=N–C) groups is 1. The zero-order valence-electron chi connectivity index (χ0n) is 17.6. The summed E-state index contributed by atoms with van der Waals surface area (Å²) >= 11 is 1.30. The van der Waals surface area contributed by atoms with Crippen LogP contribution < -0.4 is 10.6 Å². The van der Waals surface area contributed by atoms with E-state index in [1.807, 2.05) is 13.0 Å². The Morgan fingerprint density at radius 2 is 1.97 bits per heavy atom. The molecule has 1 fully saturated rings. The van der Waals surface area contributed by atoms with Gasteiger partial charge in [-0.3, -0.25) is 0 Å². The zero-order valence-corrected chi connectivity index (χ0v) is 21.6. The van der Waals surface area contributed by atoms with Crippen molar-refractivity contribution in [2.45, 2.75) is 50.8 Å². The highest BCUT2D eigenvalue weighted by Gasteiger charge is 2.27. The average molecular weight is 559 g/mol. The van der Waals surface area contributed by atoms with Crippen molar-refractivity contribution >= 4 is 51.3 Å². The number of nitrogens with one attached hydrogen (secondary N) is 2. The van der Waals surface area contributed by atoms with E-state index in [0.717, 1.165) is 36.3 Å². The highest BCUT2D eigenvalue weighted by Crippen LogP contribution is 2.26. The van der Waals surface area contributed by atoms with E-state index in [2.05, 4.69) is 29.5 Å². The molecule has 1 aromatic rings. The van der Waals surface area contributed by atoms with Crippen molar-refractivity contribution in [3.8, 4) is 0 Å². The zero-order chi connectivity index (χ0) is 20.4. The minimum Gasteiger partial charge on any atom is -0.379 e. The number of hydrogen-bond donors (Lipinski definition) is 2. The molecule has 0 unspecified atom stereocenters. The minimum absolute atomic E-state index is 0. The van der Waals surface area contributed by atoms with Crippen LogP contribution in [0.25, 0.3) is 0 Å². The molecule has 0 amide bonds. The summed E-state index contributed by atoms with van der Waals surface area (Å²) in [5, 5.41) is 6.60. The second kappa shape index (κ2) is 13.8. The molecule has 0 atom stereocenters. The monoisotopic (exact) mass is 558 g/mol. The number of nitrogens with zero attached hydrogens (tertiary/aromatic N) is 2. The molecule has 0 spiro atoms. The minimum atomic E-state index is -3.43. The highest BCUT2D eigenvalue weighted by molar-refractivity contribution is 14.0. The lowest BCUT2D eigenvalue weighted by atomic mass is 10.1. The van der Waals surface area contributed by atoms with E-state index in [-0.39, 0.29) is 24.0 Å². The van der Waals surface area contributed by atoms with E-state index in [9.17, 15) is 8.42 Å². The molecular formula is C19H35IN4O3S2. The Balaban J connectivity index is 0.00000420. The molecule has 29 heavy (non-hydrogen) atoms. The summed E-state index contributed by atoms with van der Waals surface area (Å²) in [5.74, 6) is 1.52. The molecule has 1 aliphatic rings. The quantitative estimate of drug-likeness (QED) is 0.200. The summed E-state index contributed by atoms with van der Waals surface area (Å²) in [7, 11) is -3.43. The Labute approximate surface area is 196 Å². The Morgan fingerprint density at radius 1 is 1.24 bits per heavy atom. The van der Waals surface area contributed by atoms with Crippen LogP contribution in [0.15, 0.2) is 21.3 Å². The van der Waals surface area contributed by atoms with Gasteiger partial charge in [0.25, 0.3) is 10.0 Å². The third-order valence-corrected chi connectivity index (χ3v) is 7.88. The van der Waals surface area contributed by atoms with Crippen LogP contribution in [0.5, 0.6) is 0 Å². The van der Waals surface area contributed by atoms with Gasteiger partial charge in [0.15, 0.2) is 5.96 Å². The first kappa shape index (κ1) is 26.6. The molecule has 2 heterocycles. The highest BCUT2D eigenvalue weighted by atomic mass is 127. The fraction of sp³-hybridized carbons (Fsp3) is 0.737. The maximum Gasteiger partial charge on any atom is 0.252 e. The molecular weight excluding hydrogens is 523 g/mol. The molecule has 1 aliphatic heterocycles. The van der Waals surface area contributed by atoms with Gasteiger partial charge in [0.05, 0.1) is 19.8 Å². The number of halogens is 1. The van der Waals surface area contributed by atoms with Gasteiger partial charge >= 0.3 is 0 Å². The Morgan fingerprint density at radius 3 is 2.62 bits per heavy atom. The van der Waals surface area contributed by atoms with E-state index in [1.54, 1.807) is 6.07 Å². The standard InChI is InChI=1S/C19H34N4O3S2.HI/c1-4-20-19(21-10-6-5-7-16(2)3)22-15-17-8-9-18(27-17)28(24,25)23-11-13-26-14-12-23;/h8-9,16H,4-7,10-15H2,1-3H3,(H2,20,21,22);1H. The first-order valence-electron chi connectivity index (χ1n) is 10.1. The van der Waals surface area contributed by atoms with Gasteiger partial charge in [0.2, 0.25) is 0 Å². The summed E-state index contributed by atoms with van der Waals surface area (Å²) in [6.07, 6.45) is 3.56. The Hall–Kier alpha value is -0.430. The molecule has 0 radical (unpaired) electrons. The molecule has 1 saturated heterocycles. The van der Waals surface area contributed by atoms with Gasteiger partial charge in [-0.25, -0.2) is 13.4 Å². The van der Waals surface area contributed by atoms with Crippen LogP contribution >= 0.6 is 35.3 Å². The summed E-state index contributed by atoms with van der Waals surface area (Å²) in [5.41, 5.74) is 0. The normalized spacial score (nSPS) is 15.9. The second-order valence-corrected chi connectivity index (χ2v) is 10.6. The first-order valence-corrected chi connectivity index (χ1v) is 12.4. The van der Waals surface area contributed by atoms with Gasteiger partial charge in [-0.15, -0.1) is 35.3 Å². The van der Waals surface area contributed by atoms with Crippen molar-refractivity contribution in [3.05, 3.63) is 17.0 Å². The second-order valence-electron chi connectivity index (χ2n) is 7.25. The number of hydrogen-bond acceptors (Lipinski definition) is 5. The van der Waals surface area contributed by atoms with Crippen molar-refractivity contribution in [1.82, 2.24) is 14.9 Å². The van der Waals surface area contributed by atoms with Crippen LogP contribution in [0.2, 0.25) is 0 Å². The molecule has 0 bridgehead atoms. The van der Waals surface area contributed by atoms with E-state index < -0.39 is 10.0 Å². The fourth-order valence-electron chi connectivity index (χ4n) is 2.88. The van der Waals surface area contributed by atoms with Crippen LogP contribution in [0.1, 0.15) is 44.9 Å². The van der Waals surface area contributed by atoms with E-state index in [4.69, 9.17) is 4.74 Å². The van der Waals surface area contributed by atoms with Crippen molar-refractivity contribution in [1.29, 1.82) is 0 Å². The number of thiophene rings is 1. The number of ether oxygens (including phenoxy) is 1. The van der Waals surface area contributed by atoms with Crippen molar-refractivity contribution in [2.75, 3.05) is 39.4 Å². The van der Waals surface area contributed by atoms with Crippen LogP contribution in [-0.2, 0) is 21.3 Å². The van der Waals surface area contributed by atoms with Crippen molar-refractivity contribution < 1.29 is 13.2 Å². The lowest BCUT2D eigenvalue weighted by molar-refractivity contribution is 0.0731. The summed E-state index contributed by atoms with van der Waals surface area (Å²) in [6, 6.07) is 3.54. The van der Waals surface area contributed by atoms with Gasteiger partial charge in [0.1, 0.15) is 4.21 Å². The molecule has 0 aliphatic carbocycles. The molecule has 1 aromatic heterocycles. The predicted octanol–water partition coefficient (Wildman–Crippen LogP) is 3.27. The smallest absolute Gasteiger partial charge is 0.252 e. The van der Waals surface area contributed by atoms with E-state index >= 15 is 0 Å². The van der Waals surface area contributed by atoms with Gasteiger partial charge < -0.3 is 15.4 Å². The third-order valence-electron chi connectivity index (χ3n) is 4.44. The average Bonchev–Trinajstić information content (AvgIpc) is 3.16. The largest absolute Gasteiger partial charge is 0.379 e. The van der Waals surface area contributed by atoms with E-state index in [0.29, 0.717) is 37.1 Å². The lowest BCUT2D eigenvalue weighted by Crippen LogP contribution is -2.40. The topological polar surface area (TPSA) is 83.0 Å². The molecule has 7 nitrogen and oxygen atoms in total. The molecule has 168 valence electrons. The predicted molar refractivity (Wildman–Crippen MR) is 131 cm³/mol.